The smallest absolute Gasteiger partial charge is 0.349 e. The molecule has 2 rings (SSSR count). The molecule has 206 valence electrons. The van der Waals surface area contributed by atoms with E-state index in [2.05, 4.69) is 65.7 Å². The van der Waals surface area contributed by atoms with Crippen molar-refractivity contribution in [1.82, 2.24) is 0 Å². The second-order valence-electron chi connectivity index (χ2n) is 12.4. The number of carbonyl (C=O) groups excluding carboxylic acids is 1. The van der Waals surface area contributed by atoms with Crippen LogP contribution in [0.1, 0.15) is 44.2 Å². The molecule has 0 aromatic heterocycles. The van der Waals surface area contributed by atoms with Crippen LogP contribution in [0.5, 0.6) is 11.5 Å². The van der Waals surface area contributed by atoms with E-state index in [0.717, 1.165) is 23.6 Å². The first-order valence-electron chi connectivity index (χ1n) is 12.9. The van der Waals surface area contributed by atoms with Crippen molar-refractivity contribution < 1.29 is 27.2 Å². The van der Waals surface area contributed by atoms with E-state index in [1.165, 1.54) is 0 Å². The molecule has 0 saturated carbocycles. The lowest BCUT2D eigenvalue weighted by Gasteiger charge is -2.38. The number of allylic oxidation sites excluding steroid dienone is 1. The number of rotatable bonds is 12. The van der Waals surface area contributed by atoms with E-state index >= 15 is 0 Å². The number of nitrogens with zero attached hydrogens (tertiary/aromatic N) is 1. The molecule has 0 saturated heterocycles. The maximum absolute atomic E-state index is 13.0. The number of ether oxygens (including phenoxy) is 3. The summed E-state index contributed by atoms with van der Waals surface area (Å²) < 4.78 is 29.6. The highest BCUT2D eigenvalue weighted by molar-refractivity contribution is 6.87. The third-order valence-electron chi connectivity index (χ3n) is 6.12. The maximum Gasteiger partial charge on any atom is 0.349 e. The van der Waals surface area contributed by atoms with Crippen LogP contribution < -0.4 is 9.47 Å². The topological polar surface area (TPSA) is 87.0 Å². The van der Waals surface area contributed by atoms with Gasteiger partial charge in [0.05, 0.1) is 20.8 Å². The van der Waals surface area contributed by atoms with Gasteiger partial charge in [0.15, 0.2) is 28.1 Å². The van der Waals surface area contributed by atoms with Crippen molar-refractivity contribution in [3.63, 3.8) is 0 Å². The van der Waals surface area contributed by atoms with E-state index in [1.807, 2.05) is 12.1 Å². The molecule has 0 heterocycles. The van der Waals surface area contributed by atoms with Gasteiger partial charge < -0.3 is 22.4 Å². The molecular weight excluding hydrogens is 519 g/mol. The van der Waals surface area contributed by atoms with Crippen molar-refractivity contribution in [2.45, 2.75) is 90.4 Å². The molecule has 0 N–H and O–H groups in total. The van der Waals surface area contributed by atoms with Gasteiger partial charge in [-0.2, -0.15) is 5.26 Å². The van der Waals surface area contributed by atoms with Gasteiger partial charge >= 0.3 is 14.5 Å². The highest BCUT2D eigenvalue weighted by atomic mass is 28.5. The first-order chi connectivity index (χ1) is 16.9. The Kier molecular flexibility index (Phi) is 10.0. The number of fused-ring (bicyclic) bond motifs is 1. The minimum absolute atomic E-state index is 0.0578. The quantitative estimate of drug-likeness (QED) is 0.0912. The Hall–Kier alpha value is -1.91. The highest BCUT2D eigenvalue weighted by Gasteiger charge is 2.40. The predicted octanol–water partition coefficient (Wildman–Crippen LogP) is 6.76. The van der Waals surface area contributed by atoms with Crippen LogP contribution in [0.25, 0.3) is 5.57 Å². The molecule has 7 nitrogen and oxygen atoms in total. The van der Waals surface area contributed by atoms with Crippen LogP contribution in [0.4, 0.5) is 0 Å². The molecule has 1 aromatic carbocycles. The van der Waals surface area contributed by atoms with E-state index in [0.29, 0.717) is 29.9 Å². The van der Waals surface area contributed by atoms with Gasteiger partial charge in [0.1, 0.15) is 11.6 Å². The van der Waals surface area contributed by atoms with E-state index in [9.17, 15) is 10.1 Å². The molecular formula is C27H45NO6Si3. The Morgan fingerprint density at radius 3 is 1.97 bits per heavy atom. The zero-order valence-electron chi connectivity index (χ0n) is 24.6. The van der Waals surface area contributed by atoms with Gasteiger partial charge in [0, 0.05) is 0 Å². The molecule has 37 heavy (non-hydrogen) atoms. The summed E-state index contributed by atoms with van der Waals surface area (Å²) in [5.74, 6) is 0.617. The average molecular weight is 564 g/mol. The van der Waals surface area contributed by atoms with Gasteiger partial charge in [-0.25, -0.2) is 4.79 Å². The molecule has 0 radical (unpaired) electrons. The molecule has 10 heteroatoms. The molecule has 0 amide bonds. The van der Waals surface area contributed by atoms with Crippen LogP contribution in [0.15, 0.2) is 17.7 Å². The third-order valence-corrected chi connectivity index (χ3v) is 15.7. The Balaban J connectivity index is 2.13. The first-order valence-corrected chi connectivity index (χ1v) is 22.3. The first kappa shape index (κ1) is 31.3. The minimum Gasteiger partial charge on any atom is -0.493 e. The predicted molar refractivity (Wildman–Crippen MR) is 155 cm³/mol. The van der Waals surface area contributed by atoms with Crippen LogP contribution >= 0.6 is 0 Å². The second-order valence-corrected chi connectivity index (χ2v) is 25.3. The second kappa shape index (κ2) is 11.9. The number of carbonyl (C=O) groups is 1. The SMILES string of the molecule is COc1cc2c(cc1OC)C(C)(C)CC2=C(C#N)C(=O)OCCCC[Si](C)(O[Si](C)(C)C)O[Si](C)(C)C. The van der Waals surface area contributed by atoms with Crippen LogP contribution in [-0.4, -0.2) is 52.0 Å². The fourth-order valence-electron chi connectivity index (χ4n) is 4.98. The van der Waals surface area contributed by atoms with E-state index in [1.54, 1.807) is 14.2 Å². The largest absolute Gasteiger partial charge is 0.493 e. The van der Waals surface area contributed by atoms with E-state index in [4.69, 9.17) is 22.4 Å². The number of methoxy groups -OCH3 is 2. The lowest BCUT2D eigenvalue weighted by molar-refractivity contribution is -0.138. The summed E-state index contributed by atoms with van der Waals surface area (Å²) in [4.78, 5) is 13.0. The summed E-state index contributed by atoms with van der Waals surface area (Å²) in [5.41, 5.74) is 2.36. The average Bonchev–Trinajstić information content (AvgIpc) is 3.00. The molecule has 0 bridgehead atoms. The Bertz CT molecular complexity index is 1050. The number of nitriles is 1. The summed E-state index contributed by atoms with van der Waals surface area (Å²) in [7, 11) is -2.66. The number of hydrogen-bond acceptors (Lipinski definition) is 7. The lowest BCUT2D eigenvalue weighted by Crippen LogP contribution is -2.52. The number of hydrogen-bond donors (Lipinski definition) is 0. The van der Waals surface area contributed by atoms with Gasteiger partial charge in [-0.15, -0.1) is 0 Å². The Labute approximate surface area is 226 Å². The summed E-state index contributed by atoms with van der Waals surface area (Å²) in [6.45, 7) is 19.8. The molecule has 1 aromatic rings. The van der Waals surface area contributed by atoms with E-state index in [-0.39, 0.29) is 17.6 Å². The fraction of sp³-hybridized carbons (Fsp3) is 0.630. The molecule has 0 spiro atoms. The van der Waals surface area contributed by atoms with Crippen molar-refractivity contribution in [2.75, 3.05) is 20.8 Å². The molecule has 0 unspecified atom stereocenters. The molecule has 0 fully saturated rings. The van der Waals surface area contributed by atoms with Crippen LogP contribution in [0, 0.1) is 11.3 Å². The number of esters is 1. The minimum atomic E-state index is -2.32. The zero-order valence-corrected chi connectivity index (χ0v) is 27.6. The van der Waals surface area contributed by atoms with Crippen molar-refractivity contribution >= 4 is 36.7 Å². The van der Waals surface area contributed by atoms with Crippen LogP contribution in [0.2, 0.25) is 51.9 Å². The van der Waals surface area contributed by atoms with Crippen LogP contribution in [0.3, 0.4) is 0 Å². The summed E-state index contributed by atoms with van der Waals surface area (Å²) in [6, 6.07) is 6.76. The maximum atomic E-state index is 13.0. The van der Waals surface area contributed by atoms with Gasteiger partial charge in [0.2, 0.25) is 0 Å². The molecule has 1 aliphatic rings. The van der Waals surface area contributed by atoms with E-state index < -0.39 is 31.2 Å². The molecule has 0 aliphatic heterocycles. The normalized spacial score (nSPS) is 16.6. The van der Waals surface area contributed by atoms with Crippen molar-refractivity contribution in [3.8, 4) is 17.6 Å². The fourth-order valence-corrected chi connectivity index (χ4v) is 17.6. The van der Waals surface area contributed by atoms with Crippen molar-refractivity contribution in [1.29, 1.82) is 5.26 Å². The Morgan fingerprint density at radius 2 is 1.49 bits per heavy atom. The zero-order chi connectivity index (χ0) is 28.2. The van der Waals surface area contributed by atoms with Gasteiger partial charge in [-0.05, 0) is 105 Å². The third kappa shape index (κ3) is 8.55. The Morgan fingerprint density at radius 1 is 0.946 bits per heavy atom. The molecule has 0 atom stereocenters. The van der Waals surface area contributed by atoms with Crippen molar-refractivity contribution in [2.24, 2.45) is 0 Å². The number of benzene rings is 1. The highest BCUT2D eigenvalue weighted by Crippen LogP contribution is 2.50. The number of unbranched alkanes of at least 4 members (excludes halogenated alkanes) is 1. The van der Waals surface area contributed by atoms with Gasteiger partial charge in [-0.3, -0.25) is 0 Å². The van der Waals surface area contributed by atoms with Crippen molar-refractivity contribution in [3.05, 3.63) is 28.8 Å². The van der Waals surface area contributed by atoms with Crippen LogP contribution in [-0.2, 0) is 23.2 Å². The lowest BCUT2D eigenvalue weighted by atomic mass is 9.86. The summed E-state index contributed by atoms with van der Waals surface area (Å²) >= 11 is 0. The van der Waals surface area contributed by atoms with Gasteiger partial charge in [-0.1, -0.05) is 13.8 Å². The molecule has 1 aliphatic carbocycles. The summed E-state index contributed by atoms with van der Waals surface area (Å²) in [6.07, 6.45) is 2.10. The standard InChI is InChI=1S/C27H45NO6Si3/c1-27(2)18-21(20-16-24(30-3)25(31-4)17-23(20)27)22(19-28)26(29)32-14-12-13-15-37(11,33-35(5,6)7)34-36(8,9)10/h16-17H,12-15,18H2,1-11H3. The van der Waals surface area contributed by atoms with Gasteiger partial charge in [0.25, 0.3) is 0 Å². The summed E-state index contributed by atoms with van der Waals surface area (Å²) in [5, 5.41) is 9.92. The monoisotopic (exact) mass is 563 g/mol.